The summed E-state index contributed by atoms with van der Waals surface area (Å²) in [4.78, 5) is 8.28. The Hall–Kier alpha value is -2.12. The van der Waals surface area contributed by atoms with Crippen molar-refractivity contribution < 1.29 is 0 Å². The third-order valence-corrected chi connectivity index (χ3v) is 3.21. The first-order valence-corrected chi connectivity index (χ1v) is 6.73. The lowest BCUT2D eigenvalue weighted by Gasteiger charge is -2.14. The highest BCUT2D eigenvalue weighted by atomic mass is 35.5. The molecule has 0 radical (unpaired) electrons. The van der Waals surface area contributed by atoms with Gasteiger partial charge in [-0.05, 0) is 23.6 Å². The van der Waals surface area contributed by atoms with Crippen LogP contribution >= 0.6 is 11.6 Å². The molecule has 2 rings (SSSR count). The van der Waals surface area contributed by atoms with E-state index >= 15 is 0 Å². The van der Waals surface area contributed by atoms with Crippen LogP contribution in [0.1, 0.15) is 30.9 Å². The van der Waals surface area contributed by atoms with Gasteiger partial charge in [-0.25, -0.2) is 9.97 Å². The minimum Gasteiger partial charge on any atom is -0.340 e. The maximum Gasteiger partial charge on any atom is 0.138 e. The summed E-state index contributed by atoms with van der Waals surface area (Å²) in [5, 5.41) is 12.4. The molecule has 1 aromatic heterocycles. The van der Waals surface area contributed by atoms with Gasteiger partial charge in [-0.2, -0.15) is 5.26 Å². The van der Waals surface area contributed by atoms with Crippen LogP contribution in [-0.2, 0) is 6.42 Å². The van der Waals surface area contributed by atoms with Crippen LogP contribution in [0.15, 0.2) is 30.6 Å². The van der Waals surface area contributed by atoms with Crippen LogP contribution in [0, 0.1) is 11.3 Å². The van der Waals surface area contributed by atoms with Crippen LogP contribution in [0.5, 0.6) is 0 Å². The van der Waals surface area contributed by atoms with Gasteiger partial charge in [0, 0.05) is 11.3 Å². The summed E-state index contributed by atoms with van der Waals surface area (Å²) in [5.74, 6) is 0.942. The third-order valence-electron chi connectivity index (χ3n) is 2.91. The average Bonchev–Trinajstić information content (AvgIpc) is 2.41. The minimum absolute atomic E-state index is 0.226. The molecule has 0 unspecified atom stereocenters. The first kappa shape index (κ1) is 14.3. The zero-order valence-electron chi connectivity index (χ0n) is 11.4. The highest BCUT2D eigenvalue weighted by molar-refractivity contribution is 6.30. The van der Waals surface area contributed by atoms with E-state index in [0.29, 0.717) is 17.4 Å². The van der Waals surface area contributed by atoms with E-state index in [1.165, 1.54) is 6.33 Å². The molecule has 0 saturated carbocycles. The lowest BCUT2D eigenvalue weighted by atomic mass is 10.1. The van der Waals surface area contributed by atoms with Gasteiger partial charge in [0.1, 0.15) is 17.3 Å². The molecule has 102 valence electrons. The Bertz CT molecular complexity index is 629. The fourth-order valence-corrected chi connectivity index (χ4v) is 2.27. The summed E-state index contributed by atoms with van der Waals surface area (Å²) in [6.45, 7) is 4.09. The second kappa shape index (κ2) is 6.36. The monoisotopic (exact) mass is 286 g/mol. The van der Waals surface area contributed by atoms with Crippen molar-refractivity contribution in [1.29, 1.82) is 5.26 Å². The van der Waals surface area contributed by atoms with Gasteiger partial charge in [0.2, 0.25) is 0 Å². The second-order valence-electron chi connectivity index (χ2n) is 4.74. The maximum atomic E-state index is 8.65. The van der Waals surface area contributed by atoms with Crippen molar-refractivity contribution in [2.75, 3.05) is 5.32 Å². The SMILES string of the molecule is CC(C)c1c(Cl)ncnc1Nc1ccc(CC#N)cc1. The van der Waals surface area contributed by atoms with Crippen LogP contribution in [0.4, 0.5) is 11.5 Å². The van der Waals surface area contributed by atoms with Gasteiger partial charge in [-0.1, -0.05) is 37.6 Å². The van der Waals surface area contributed by atoms with Crippen molar-refractivity contribution in [1.82, 2.24) is 9.97 Å². The van der Waals surface area contributed by atoms with Crippen molar-refractivity contribution in [3.05, 3.63) is 46.9 Å². The van der Waals surface area contributed by atoms with Gasteiger partial charge in [0.25, 0.3) is 0 Å². The van der Waals surface area contributed by atoms with Crippen LogP contribution in [0.25, 0.3) is 0 Å². The summed E-state index contributed by atoms with van der Waals surface area (Å²) in [6.07, 6.45) is 1.86. The average molecular weight is 287 g/mol. The van der Waals surface area contributed by atoms with Crippen molar-refractivity contribution in [3.63, 3.8) is 0 Å². The molecule has 0 bridgehead atoms. The molecule has 5 heteroatoms. The molecule has 0 amide bonds. The molecule has 0 aliphatic carbocycles. The quantitative estimate of drug-likeness (QED) is 0.861. The predicted molar refractivity (Wildman–Crippen MR) is 80.2 cm³/mol. The third kappa shape index (κ3) is 3.25. The summed E-state index contributed by atoms with van der Waals surface area (Å²) in [7, 11) is 0. The zero-order chi connectivity index (χ0) is 14.5. The number of halogens is 1. The number of benzene rings is 1. The fourth-order valence-electron chi connectivity index (χ4n) is 1.92. The Labute approximate surface area is 123 Å². The highest BCUT2D eigenvalue weighted by Crippen LogP contribution is 2.29. The van der Waals surface area contributed by atoms with E-state index in [1.54, 1.807) is 0 Å². The number of aromatic nitrogens is 2. The molecular formula is C15H15ClN4. The van der Waals surface area contributed by atoms with E-state index in [0.717, 1.165) is 16.8 Å². The summed E-state index contributed by atoms with van der Waals surface area (Å²) in [5.41, 5.74) is 2.79. The van der Waals surface area contributed by atoms with E-state index in [-0.39, 0.29) is 5.92 Å². The fraction of sp³-hybridized carbons (Fsp3) is 0.267. The first-order chi connectivity index (χ1) is 9.61. The van der Waals surface area contributed by atoms with E-state index in [4.69, 9.17) is 16.9 Å². The van der Waals surface area contributed by atoms with E-state index < -0.39 is 0 Å². The van der Waals surface area contributed by atoms with E-state index in [2.05, 4.69) is 21.4 Å². The summed E-state index contributed by atoms with van der Waals surface area (Å²) >= 11 is 6.13. The normalized spacial score (nSPS) is 10.3. The number of hydrogen-bond acceptors (Lipinski definition) is 4. The van der Waals surface area contributed by atoms with Crippen molar-refractivity contribution in [3.8, 4) is 6.07 Å². The van der Waals surface area contributed by atoms with Gasteiger partial charge < -0.3 is 5.32 Å². The minimum atomic E-state index is 0.226. The smallest absolute Gasteiger partial charge is 0.138 e. The molecule has 20 heavy (non-hydrogen) atoms. The molecule has 0 aliphatic heterocycles. The lowest BCUT2D eigenvalue weighted by Crippen LogP contribution is -2.03. The Kier molecular flexibility index (Phi) is 4.54. The molecule has 0 fully saturated rings. The largest absolute Gasteiger partial charge is 0.340 e. The molecule has 1 N–H and O–H groups in total. The maximum absolute atomic E-state index is 8.65. The standard InChI is InChI=1S/C15H15ClN4/c1-10(2)13-14(16)18-9-19-15(13)20-12-5-3-11(4-6-12)7-8-17/h3-6,9-10H,7H2,1-2H3,(H,18,19,20). The molecule has 4 nitrogen and oxygen atoms in total. The van der Waals surface area contributed by atoms with Crippen LogP contribution in [0.2, 0.25) is 5.15 Å². The van der Waals surface area contributed by atoms with Gasteiger partial charge in [-0.3, -0.25) is 0 Å². The Morgan fingerprint density at radius 2 is 1.95 bits per heavy atom. The van der Waals surface area contributed by atoms with Crippen molar-refractivity contribution in [2.45, 2.75) is 26.2 Å². The first-order valence-electron chi connectivity index (χ1n) is 6.35. The van der Waals surface area contributed by atoms with Gasteiger partial charge in [0.05, 0.1) is 12.5 Å². The molecule has 0 atom stereocenters. The molecular weight excluding hydrogens is 272 g/mol. The molecule has 0 aliphatic rings. The number of rotatable bonds is 4. The van der Waals surface area contributed by atoms with Crippen LogP contribution in [-0.4, -0.2) is 9.97 Å². The number of anilines is 2. The number of nitrogens with zero attached hydrogens (tertiary/aromatic N) is 3. The molecule has 2 aromatic rings. The second-order valence-corrected chi connectivity index (χ2v) is 5.10. The number of nitrogens with one attached hydrogen (secondary N) is 1. The topological polar surface area (TPSA) is 61.6 Å². The van der Waals surface area contributed by atoms with Gasteiger partial charge in [0.15, 0.2) is 0 Å². The molecule has 1 aromatic carbocycles. The Balaban J connectivity index is 2.26. The summed E-state index contributed by atoms with van der Waals surface area (Å²) in [6, 6.07) is 9.81. The Morgan fingerprint density at radius 3 is 2.55 bits per heavy atom. The molecule has 1 heterocycles. The Morgan fingerprint density at radius 1 is 1.25 bits per heavy atom. The number of nitriles is 1. The number of hydrogen-bond donors (Lipinski definition) is 1. The highest BCUT2D eigenvalue weighted by Gasteiger charge is 2.13. The van der Waals surface area contributed by atoms with Gasteiger partial charge >= 0.3 is 0 Å². The predicted octanol–water partition coefficient (Wildman–Crippen LogP) is 4.06. The molecule has 0 spiro atoms. The zero-order valence-corrected chi connectivity index (χ0v) is 12.1. The van der Waals surface area contributed by atoms with Crippen molar-refractivity contribution in [2.24, 2.45) is 0 Å². The summed E-state index contributed by atoms with van der Waals surface area (Å²) < 4.78 is 0. The van der Waals surface area contributed by atoms with Gasteiger partial charge in [-0.15, -0.1) is 0 Å². The van der Waals surface area contributed by atoms with Crippen LogP contribution in [0.3, 0.4) is 0 Å². The molecule has 0 saturated heterocycles. The lowest BCUT2D eigenvalue weighted by molar-refractivity contribution is 0.850. The van der Waals surface area contributed by atoms with E-state index in [9.17, 15) is 0 Å². The van der Waals surface area contributed by atoms with Crippen molar-refractivity contribution >= 4 is 23.1 Å². The van der Waals surface area contributed by atoms with E-state index in [1.807, 2.05) is 38.1 Å². The van der Waals surface area contributed by atoms with Crippen LogP contribution < -0.4 is 5.32 Å².